The van der Waals surface area contributed by atoms with Crippen molar-refractivity contribution < 1.29 is 18.3 Å². The zero-order valence-electron chi connectivity index (χ0n) is 15.9. The Morgan fingerprint density at radius 1 is 1.19 bits per heavy atom. The lowest BCUT2D eigenvalue weighted by Gasteiger charge is -2.44. The van der Waals surface area contributed by atoms with E-state index in [1.165, 1.54) is 5.56 Å². The maximum atomic E-state index is 12.3. The van der Waals surface area contributed by atoms with Crippen molar-refractivity contribution in [2.75, 3.05) is 44.9 Å². The predicted molar refractivity (Wildman–Crippen MR) is 102 cm³/mol. The number of methoxy groups -OCH3 is 1. The Labute approximate surface area is 156 Å². The van der Waals surface area contributed by atoms with Gasteiger partial charge in [0.2, 0.25) is 0 Å². The number of piperazine rings is 1. The second kappa shape index (κ2) is 7.84. The number of benzene rings is 1. The molecule has 2 aliphatic heterocycles. The molecule has 2 atom stereocenters. The quantitative estimate of drug-likeness (QED) is 0.794. The lowest BCUT2D eigenvalue weighted by atomic mass is 9.98. The molecule has 1 aromatic rings. The summed E-state index contributed by atoms with van der Waals surface area (Å²) in [6, 6.07) is 6.24. The summed E-state index contributed by atoms with van der Waals surface area (Å²) in [5.74, 6) is 1.67. The highest BCUT2D eigenvalue weighted by atomic mass is 32.2. The van der Waals surface area contributed by atoms with Crippen LogP contribution in [0.25, 0.3) is 0 Å². The van der Waals surface area contributed by atoms with E-state index in [9.17, 15) is 13.5 Å². The van der Waals surface area contributed by atoms with Crippen molar-refractivity contribution in [2.45, 2.75) is 38.4 Å². The fourth-order valence-electron chi connectivity index (χ4n) is 4.20. The molecule has 2 aliphatic rings. The molecule has 146 valence electrons. The van der Waals surface area contributed by atoms with Gasteiger partial charge in [0.15, 0.2) is 9.84 Å². The third-order valence-electron chi connectivity index (χ3n) is 5.64. The van der Waals surface area contributed by atoms with Gasteiger partial charge in [-0.15, -0.1) is 0 Å². The lowest BCUT2D eigenvalue weighted by Crippen LogP contribution is -2.59. The van der Waals surface area contributed by atoms with Gasteiger partial charge in [-0.1, -0.05) is 26.0 Å². The van der Waals surface area contributed by atoms with Crippen molar-refractivity contribution >= 4 is 9.84 Å². The summed E-state index contributed by atoms with van der Waals surface area (Å²) in [6.07, 6.45) is 0. The molecule has 2 saturated heterocycles. The van der Waals surface area contributed by atoms with E-state index in [4.69, 9.17) is 4.74 Å². The van der Waals surface area contributed by atoms with E-state index in [0.29, 0.717) is 19.0 Å². The molecule has 0 bridgehead atoms. The van der Waals surface area contributed by atoms with Gasteiger partial charge < -0.3 is 9.84 Å². The second-order valence-corrected chi connectivity index (χ2v) is 9.82. The standard InChI is InChI=1S/C19H30N2O4S/c1-14(2)15-4-5-19(25-3)16(10-15)11-21-7-6-20(8-9-22)17-12-26(23,24)13-18(17)21/h4-5,10,14,17-18,22H,6-9,11-13H2,1-3H3/t17-,18+/m1/s1. The zero-order chi connectivity index (χ0) is 18.9. The minimum atomic E-state index is -3.04. The fraction of sp³-hybridized carbons (Fsp3) is 0.684. The summed E-state index contributed by atoms with van der Waals surface area (Å²) in [7, 11) is -1.36. The third kappa shape index (κ3) is 4.06. The predicted octanol–water partition coefficient (Wildman–Crippen LogP) is 1.09. The van der Waals surface area contributed by atoms with Crippen LogP contribution in [0.5, 0.6) is 5.75 Å². The van der Waals surface area contributed by atoms with E-state index in [1.54, 1.807) is 7.11 Å². The minimum absolute atomic E-state index is 0.0206. The van der Waals surface area contributed by atoms with Gasteiger partial charge >= 0.3 is 0 Å². The fourth-order valence-corrected chi connectivity index (χ4v) is 6.24. The molecule has 1 aromatic carbocycles. The summed E-state index contributed by atoms with van der Waals surface area (Å²) in [4.78, 5) is 4.42. The van der Waals surface area contributed by atoms with Crippen LogP contribution in [0.3, 0.4) is 0 Å². The molecule has 3 rings (SSSR count). The monoisotopic (exact) mass is 382 g/mol. The molecule has 0 spiro atoms. The maximum Gasteiger partial charge on any atom is 0.153 e. The van der Waals surface area contributed by atoms with Gasteiger partial charge in [0.25, 0.3) is 0 Å². The number of rotatable bonds is 6. The summed E-state index contributed by atoms with van der Waals surface area (Å²) in [5, 5.41) is 9.30. The van der Waals surface area contributed by atoms with Crippen molar-refractivity contribution in [3.63, 3.8) is 0 Å². The molecule has 1 N–H and O–H groups in total. The highest BCUT2D eigenvalue weighted by Gasteiger charge is 2.46. The van der Waals surface area contributed by atoms with Gasteiger partial charge in [-0.3, -0.25) is 9.80 Å². The smallest absolute Gasteiger partial charge is 0.153 e. The van der Waals surface area contributed by atoms with Gasteiger partial charge in [-0.05, 0) is 17.5 Å². The van der Waals surface area contributed by atoms with Crippen LogP contribution in [-0.2, 0) is 16.4 Å². The summed E-state index contributed by atoms with van der Waals surface area (Å²) < 4.78 is 30.1. The topological polar surface area (TPSA) is 70.1 Å². The number of nitrogens with zero attached hydrogens (tertiary/aromatic N) is 2. The number of aliphatic hydroxyl groups excluding tert-OH is 1. The van der Waals surface area contributed by atoms with Crippen molar-refractivity contribution in [3.05, 3.63) is 29.3 Å². The molecule has 2 heterocycles. The van der Waals surface area contributed by atoms with Crippen LogP contribution in [-0.4, -0.2) is 80.3 Å². The van der Waals surface area contributed by atoms with Gasteiger partial charge in [-0.25, -0.2) is 8.42 Å². The van der Waals surface area contributed by atoms with Crippen LogP contribution in [0.4, 0.5) is 0 Å². The Bertz CT molecular complexity index is 735. The van der Waals surface area contributed by atoms with Crippen molar-refractivity contribution in [1.82, 2.24) is 9.80 Å². The first-order chi connectivity index (χ1) is 12.3. The van der Waals surface area contributed by atoms with E-state index in [0.717, 1.165) is 24.4 Å². The number of β-amino-alcohol motifs (C(OH)–C–C–N with tert-alkyl or cyclic N) is 1. The van der Waals surface area contributed by atoms with E-state index >= 15 is 0 Å². The number of fused-ring (bicyclic) bond motifs is 1. The van der Waals surface area contributed by atoms with E-state index < -0.39 is 9.84 Å². The van der Waals surface area contributed by atoms with Crippen molar-refractivity contribution in [2.24, 2.45) is 0 Å². The molecule has 0 aliphatic carbocycles. The van der Waals surface area contributed by atoms with Gasteiger partial charge in [0.05, 0.1) is 25.2 Å². The average Bonchev–Trinajstić information content (AvgIpc) is 2.93. The van der Waals surface area contributed by atoms with E-state index in [-0.39, 0.29) is 30.2 Å². The van der Waals surface area contributed by atoms with Crippen molar-refractivity contribution in [3.8, 4) is 5.75 Å². The molecule has 0 radical (unpaired) electrons. The number of hydrogen-bond donors (Lipinski definition) is 1. The molecule has 0 unspecified atom stereocenters. The molecular weight excluding hydrogens is 352 g/mol. The van der Waals surface area contributed by atoms with E-state index in [1.807, 2.05) is 6.07 Å². The number of sulfone groups is 1. The van der Waals surface area contributed by atoms with E-state index in [2.05, 4.69) is 35.8 Å². The second-order valence-electron chi connectivity index (χ2n) is 7.67. The number of hydrogen-bond acceptors (Lipinski definition) is 6. The third-order valence-corrected chi connectivity index (χ3v) is 7.34. The average molecular weight is 383 g/mol. The molecule has 26 heavy (non-hydrogen) atoms. The Morgan fingerprint density at radius 3 is 2.46 bits per heavy atom. The highest BCUT2D eigenvalue weighted by molar-refractivity contribution is 7.91. The molecule has 0 amide bonds. The van der Waals surface area contributed by atoms with Gasteiger partial charge in [-0.2, -0.15) is 0 Å². The molecular formula is C19H30N2O4S. The Hall–Kier alpha value is -1.15. The zero-order valence-corrected chi connectivity index (χ0v) is 16.7. The highest BCUT2D eigenvalue weighted by Crippen LogP contribution is 2.31. The normalized spacial score (nSPS) is 26.2. The Balaban J connectivity index is 1.85. The largest absolute Gasteiger partial charge is 0.496 e. The van der Waals surface area contributed by atoms with Gasteiger partial charge in [0.1, 0.15) is 5.75 Å². The number of ether oxygens (including phenoxy) is 1. The lowest BCUT2D eigenvalue weighted by molar-refractivity contribution is 0.0304. The first-order valence-electron chi connectivity index (χ1n) is 9.31. The summed E-state index contributed by atoms with van der Waals surface area (Å²) >= 11 is 0. The summed E-state index contributed by atoms with van der Waals surface area (Å²) in [5.41, 5.74) is 2.37. The molecule has 2 fully saturated rings. The SMILES string of the molecule is COc1ccc(C(C)C)cc1CN1CCN(CCO)[C@@H]2CS(=O)(=O)C[C@@H]21. The number of aliphatic hydroxyl groups is 1. The van der Waals surface area contributed by atoms with Crippen molar-refractivity contribution in [1.29, 1.82) is 0 Å². The Morgan fingerprint density at radius 2 is 1.85 bits per heavy atom. The van der Waals surface area contributed by atoms with Crippen LogP contribution in [0.15, 0.2) is 18.2 Å². The Kier molecular flexibility index (Phi) is 5.91. The van der Waals surface area contributed by atoms with Crippen LogP contribution < -0.4 is 4.74 Å². The van der Waals surface area contributed by atoms with Crippen LogP contribution in [0, 0.1) is 0 Å². The van der Waals surface area contributed by atoms with Gasteiger partial charge in [0, 0.05) is 43.8 Å². The summed E-state index contributed by atoms with van der Waals surface area (Å²) in [6.45, 7) is 7.20. The first kappa shape index (κ1) is 19.6. The molecule has 0 aromatic heterocycles. The van der Waals surface area contributed by atoms with Crippen LogP contribution >= 0.6 is 0 Å². The first-order valence-corrected chi connectivity index (χ1v) is 11.1. The molecule has 6 nitrogen and oxygen atoms in total. The maximum absolute atomic E-state index is 12.3. The molecule has 0 saturated carbocycles. The molecule has 7 heteroatoms. The van der Waals surface area contributed by atoms with Crippen LogP contribution in [0.2, 0.25) is 0 Å². The minimum Gasteiger partial charge on any atom is -0.496 e. The van der Waals surface area contributed by atoms with Crippen LogP contribution in [0.1, 0.15) is 30.9 Å².